The van der Waals surface area contributed by atoms with Gasteiger partial charge in [-0.2, -0.15) is 0 Å². The van der Waals surface area contributed by atoms with Crippen LogP contribution in [0.3, 0.4) is 0 Å². The fourth-order valence-corrected chi connectivity index (χ4v) is 2.92. The van der Waals surface area contributed by atoms with Gasteiger partial charge in [0.15, 0.2) is 0 Å². The van der Waals surface area contributed by atoms with Crippen molar-refractivity contribution in [2.75, 3.05) is 6.54 Å². The van der Waals surface area contributed by atoms with E-state index in [1.165, 1.54) is 48.7 Å². The molecule has 0 bridgehead atoms. The van der Waals surface area contributed by atoms with Gasteiger partial charge in [0.05, 0.1) is 0 Å². The maximum absolute atomic E-state index is 3.66. The lowest BCUT2D eigenvalue weighted by Crippen LogP contribution is -2.40. The normalized spacial score (nSPS) is 23.4. The summed E-state index contributed by atoms with van der Waals surface area (Å²) in [5.74, 6) is 0.774. The third-order valence-corrected chi connectivity index (χ3v) is 4.16. The summed E-state index contributed by atoms with van der Waals surface area (Å²) in [4.78, 5) is 0. The molecule has 17 heavy (non-hydrogen) atoms. The Kier molecular flexibility index (Phi) is 5.05. The van der Waals surface area contributed by atoms with E-state index in [4.69, 9.17) is 0 Å². The molecule has 0 amide bonds. The second kappa shape index (κ2) is 6.55. The van der Waals surface area contributed by atoms with Gasteiger partial charge < -0.3 is 5.32 Å². The first-order valence-corrected chi connectivity index (χ1v) is 7.57. The Morgan fingerprint density at radius 1 is 1.29 bits per heavy atom. The van der Waals surface area contributed by atoms with Crippen LogP contribution in [0.15, 0.2) is 28.7 Å². The van der Waals surface area contributed by atoms with Crippen molar-refractivity contribution in [1.82, 2.24) is 5.32 Å². The molecule has 1 fully saturated rings. The van der Waals surface area contributed by atoms with Crippen molar-refractivity contribution in [3.8, 4) is 0 Å². The molecular weight excluding hydrogens is 274 g/mol. The zero-order valence-corrected chi connectivity index (χ0v) is 12.2. The Morgan fingerprint density at radius 2 is 2.12 bits per heavy atom. The van der Waals surface area contributed by atoms with Crippen LogP contribution in [0.25, 0.3) is 0 Å². The number of hydrogen-bond acceptors (Lipinski definition) is 1. The van der Waals surface area contributed by atoms with E-state index >= 15 is 0 Å². The van der Waals surface area contributed by atoms with E-state index in [0.717, 1.165) is 12.0 Å². The third-order valence-electron chi connectivity index (χ3n) is 3.67. The van der Waals surface area contributed by atoms with E-state index in [9.17, 15) is 0 Å². The van der Waals surface area contributed by atoms with Crippen LogP contribution in [0.5, 0.6) is 0 Å². The van der Waals surface area contributed by atoms with Gasteiger partial charge in [-0.1, -0.05) is 47.8 Å². The second-order valence-electron chi connectivity index (χ2n) is 5.08. The first-order chi connectivity index (χ1) is 8.29. The smallest absolute Gasteiger partial charge is 0.0178 e. The second-order valence-corrected chi connectivity index (χ2v) is 6.00. The fraction of sp³-hybridized carbons (Fsp3) is 0.600. The first kappa shape index (κ1) is 13.1. The number of hydrogen-bond donors (Lipinski definition) is 1. The maximum atomic E-state index is 3.66. The predicted octanol–water partition coefficient (Wildman–Crippen LogP) is 4.47. The van der Waals surface area contributed by atoms with Gasteiger partial charge in [-0.3, -0.25) is 0 Å². The highest BCUT2D eigenvalue weighted by atomic mass is 79.9. The molecule has 1 aromatic carbocycles. The van der Waals surface area contributed by atoms with Crippen LogP contribution in [0.2, 0.25) is 0 Å². The molecule has 94 valence electrons. The van der Waals surface area contributed by atoms with E-state index in [1.807, 2.05) is 0 Å². The minimum atomic E-state index is 0.760. The molecule has 0 atom stereocenters. The lowest BCUT2D eigenvalue weighted by Gasteiger charge is -2.36. The Hall–Kier alpha value is -0.340. The van der Waals surface area contributed by atoms with Crippen LogP contribution in [-0.2, 0) is 0 Å². The standard InChI is InChI=1S/C15H22BrN/c1-2-3-4-8-17-15-10-13(11-15)12-6-5-7-14(16)9-12/h5-7,9,13,15,17H,2-4,8,10-11H2,1H3. The van der Waals surface area contributed by atoms with Gasteiger partial charge in [0.25, 0.3) is 0 Å². The van der Waals surface area contributed by atoms with Crippen molar-refractivity contribution < 1.29 is 0 Å². The van der Waals surface area contributed by atoms with Crippen molar-refractivity contribution in [1.29, 1.82) is 0 Å². The molecule has 0 heterocycles. The number of halogens is 1. The lowest BCUT2D eigenvalue weighted by molar-refractivity contribution is 0.290. The molecule has 2 heteroatoms. The molecule has 0 unspecified atom stereocenters. The number of nitrogens with one attached hydrogen (secondary N) is 1. The summed E-state index contributed by atoms with van der Waals surface area (Å²) in [6.45, 7) is 3.45. The summed E-state index contributed by atoms with van der Waals surface area (Å²) in [5, 5.41) is 3.66. The van der Waals surface area contributed by atoms with E-state index in [-0.39, 0.29) is 0 Å². The minimum absolute atomic E-state index is 0.760. The maximum Gasteiger partial charge on any atom is 0.0178 e. The number of benzene rings is 1. The summed E-state index contributed by atoms with van der Waals surface area (Å²) < 4.78 is 1.20. The van der Waals surface area contributed by atoms with Gasteiger partial charge in [-0.05, 0) is 49.4 Å². The van der Waals surface area contributed by atoms with E-state index in [2.05, 4.69) is 52.4 Å². The third kappa shape index (κ3) is 3.82. The van der Waals surface area contributed by atoms with Gasteiger partial charge in [-0.15, -0.1) is 0 Å². The van der Waals surface area contributed by atoms with Crippen LogP contribution in [0.1, 0.15) is 50.5 Å². The van der Waals surface area contributed by atoms with Gasteiger partial charge in [0, 0.05) is 10.5 Å². The lowest BCUT2D eigenvalue weighted by atomic mass is 9.76. The SMILES string of the molecule is CCCCCNC1CC(c2cccc(Br)c2)C1. The van der Waals surface area contributed by atoms with Crippen molar-refractivity contribution in [2.45, 2.75) is 51.0 Å². The zero-order chi connectivity index (χ0) is 12.1. The molecule has 0 spiro atoms. The highest BCUT2D eigenvalue weighted by Gasteiger charge is 2.29. The van der Waals surface area contributed by atoms with E-state index in [0.29, 0.717) is 0 Å². The largest absolute Gasteiger partial charge is 0.314 e. The Morgan fingerprint density at radius 3 is 2.82 bits per heavy atom. The summed E-state index contributed by atoms with van der Waals surface area (Å²) >= 11 is 3.54. The van der Waals surface area contributed by atoms with Crippen LogP contribution in [-0.4, -0.2) is 12.6 Å². The van der Waals surface area contributed by atoms with E-state index in [1.54, 1.807) is 0 Å². The van der Waals surface area contributed by atoms with Gasteiger partial charge in [0.2, 0.25) is 0 Å². The van der Waals surface area contributed by atoms with Crippen molar-refractivity contribution in [3.05, 3.63) is 34.3 Å². The molecule has 2 rings (SSSR count). The van der Waals surface area contributed by atoms with Crippen LogP contribution in [0, 0.1) is 0 Å². The molecule has 1 aliphatic carbocycles. The summed E-state index contributed by atoms with van der Waals surface area (Å²) in [6.07, 6.45) is 6.61. The summed E-state index contributed by atoms with van der Waals surface area (Å²) in [6, 6.07) is 9.51. The number of unbranched alkanes of at least 4 members (excludes halogenated alkanes) is 2. The topological polar surface area (TPSA) is 12.0 Å². The average Bonchev–Trinajstić information content (AvgIpc) is 2.26. The molecule has 0 radical (unpaired) electrons. The van der Waals surface area contributed by atoms with Crippen molar-refractivity contribution in [2.24, 2.45) is 0 Å². The molecule has 1 saturated carbocycles. The average molecular weight is 296 g/mol. The quantitative estimate of drug-likeness (QED) is 0.763. The van der Waals surface area contributed by atoms with Crippen molar-refractivity contribution >= 4 is 15.9 Å². The van der Waals surface area contributed by atoms with Gasteiger partial charge in [-0.25, -0.2) is 0 Å². The molecule has 0 aliphatic heterocycles. The zero-order valence-electron chi connectivity index (χ0n) is 10.6. The molecular formula is C15H22BrN. The number of rotatable bonds is 6. The fourth-order valence-electron chi connectivity index (χ4n) is 2.50. The van der Waals surface area contributed by atoms with Crippen LogP contribution in [0.4, 0.5) is 0 Å². The van der Waals surface area contributed by atoms with Crippen LogP contribution >= 0.6 is 15.9 Å². The molecule has 1 nitrogen and oxygen atoms in total. The monoisotopic (exact) mass is 295 g/mol. The molecule has 0 saturated heterocycles. The van der Waals surface area contributed by atoms with Gasteiger partial charge in [0.1, 0.15) is 0 Å². The summed E-state index contributed by atoms with van der Waals surface area (Å²) in [7, 11) is 0. The van der Waals surface area contributed by atoms with Crippen LogP contribution < -0.4 is 5.32 Å². The Labute approximate surface area is 113 Å². The Balaban J connectivity index is 1.68. The minimum Gasteiger partial charge on any atom is -0.314 e. The summed E-state index contributed by atoms with van der Waals surface area (Å²) in [5.41, 5.74) is 1.49. The molecule has 0 aromatic heterocycles. The van der Waals surface area contributed by atoms with Crippen molar-refractivity contribution in [3.63, 3.8) is 0 Å². The predicted molar refractivity (Wildman–Crippen MR) is 77.4 cm³/mol. The molecule has 1 aliphatic rings. The van der Waals surface area contributed by atoms with Gasteiger partial charge >= 0.3 is 0 Å². The first-order valence-electron chi connectivity index (χ1n) is 6.78. The molecule has 1 N–H and O–H groups in total. The Bertz CT molecular complexity index is 345. The highest BCUT2D eigenvalue weighted by Crippen LogP contribution is 2.37. The molecule has 1 aromatic rings. The highest BCUT2D eigenvalue weighted by molar-refractivity contribution is 9.10. The van der Waals surface area contributed by atoms with E-state index < -0.39 is 0 Å².